The molecule has 1 fully saturated rings. The van der Waals surface area contributed by atoms with Gasteiger partial charge in [-0.1, -0.05) is 0 Å². The number of carboxylic acid groups (broad SMARTS) is 1. The highest BCUT2D eigenvalue weighted by atomic mass is 19.1. The molecule has 1 amide bonds. The summed E-state index contributed by atoms with van der Waals surface area (Å²) < 4.78 is 16.1. The van der Waals surface area contributed by atoms with Crippen LogP contribution in [-0.2, 0) is 7.05 Å². The Balaban J connectivity index is 1.46. The number of anilines is 1. The lowest BCUT2D eigenvalue weighted by Gasteiger charge is -2.43. The van der Waals surface area contributed by atoms with E-state index in [1.165, 1.54) is 11.0 Å². The lowest BCUT2D eigenvalue weighted by atomic mass is 10.1. The molecule has 3 heterocycles. The average molecular weight is 434 g/mol. The SMILES string of the molecule is C[C@H]1CN(c2ccc3nc(-c4cc(F)c5nn(C)cc5c4)ncc3c2)C[C@H](C)N1C(=O)O. The molecule has 164 valence electrons. The van der Waals surface area contributed by atoms with Crippen molar-refractivity contribution in [2.45, 2.75) is 25.9 Å². The number of rotatable bonds is 2. The fourth-order valence-corrected chi connectivity index (χ4v) is 4.61. The summed E-state index contributed by atoms with van der Waals surface area (Å²) in [5.74, 6) is 0.0492. The lowest BCUT2D eigenvalue weighted by Crippen LogP contribution is -2.58. The monoisotopic (exact) mass is 434 g/mol. The molecule has 2 atom stereocenters. The quantitative estimate of drug-likeness (QED) is 0.515. The van der Waals surface area contributed by atoms with Gasteiger partial charge >= 0.3 is 6.09 Å². The summed E-state index contributed by atoms with van der Waals surface area (Å²) in [4.78, 5) is 24.3. The van der Waals surface area contributed by atoms with E-state index in [1.807, 2.05) is 38.1 Å². The van der Waals surface area contributed by atoms with Crippen LogP contribution in [0.3, 0.4) is 0 Å². The number of aromatic nitrogens is 4. The summed E-state index contributed by atoms with van der Waals surface area (Å²) >= 11 is 0. The zero-order chi connectivity index (χ0) is 22.6. The van der Waals surface area contributed by atoms with Crippen LogP contribution in [0.25, 0.3) is 33.2 Å². The molecular weight excluding hydrogens is 411 g/mol. The molecule has 2 aromatic heterocycles. The van der Waals surface area contributed by atoms with Gasteiger partial charge in [0.1, 0.15) is 5.52 Å². The second-order valence-electron chi connectivity index (χ2n) is 8.43. The van der Waals surface area contributed by atoms with Gasteiger partial charge < -0.3 is 10.0 Å². The van der Waals surface area contributed by atoms with Crippen molar-refractivity contribution in [1.29, 1.82) is 0 Å². The summed E-state index contributed by atoms with van der Waals surface area (Å²) in [6.07, 6.45) is 2.62. The van der Waals surface area contributed by atoms with E-state index in [2.05, 4.69) is 20.0 Å². The van der Waals surface area contributed by atoms with Crippen molar-refractivity contribution in [2.75, 3.05) is 18.0 Å². The Morgan fingerprint density at radius 1 is 1.12 bits per heavy atom. The van der Waals surface area contributed by atoms with E-state index in [9.17, 15) is 14.3 Å². The van der Waals surface area contributed by atoms with Crippen molar-refractivity contribution >= 4 is 33.6 Å². The number of benzene rings is 2. The maximum absolute atomic E-state index is 14.5. The minimum Gasteiger partial charge on any atom is -0.465 e. The minimum absolute atomic E-state index is 0.108. The second-order valence-corrected chi connectivity index (χ2v) is 8.43. The van der Waals surface area contributed by atoms with E-state index in [0.717, 1.165) is 16.6 Å². The van der Waals surface area contributed by atoms with E-state index in [4.69, 9.17) is 0 Å². The van der Waals surface area contributed by atoms with Crippen molar-refractivity contribution in [3.8, 4) is 11.4 Å². The Labute approximate surface area is 183 Å². The highest BCUT2D eigenvalue weighted by Crippen LogP contribution is 2.28. The summed E-state index contributed by atoms with van der Waals surface area (Å²) in [6.45, 7) is 5.08. The van der Waals surface area contributed by atoms with Crippen molar-refractivity contribution in [3.63, 3.8) is 0 Å². The number of aryl methyl sites for hydroxylation is 1. The molecule has 1 aliphatic rings. The molecule has 0 bridgehead atoms. The Morgan fingerprint density at radius 3 is 2.59 bits per heavy atom. The molecule has 4 aromatic rings. The van der Waals surface area contributed by atoms with Crippen LogP contribution < -0.4 is 4.90 Å². The molecule has 2 aromatic carbocycles. The summed E-state index contributed by atoms with van der Waals surface area (Å²) in [5, 5.41) is 15.1. The number of carbonyl (C=O) groups is 1. The third-order valence-corrected chi connectivity index (χ3v) is 6.00. The number of halogens is 1. The first kappa shape index (κ1) is 20.2. The fourth-order valence-electron chi connectivity index (χ4n) is 4.61. The van der Waals surface area contributed by atoms with Gasteiger partial charge in [0.05, 0.1) is 17.6 Å². The number of hydrogen-bond donors (Lipinski definition) is 1. The predicted molar refractivity (Wildman–Crippen MR) is 120 cm³/mol. The number of amides is 1. The smallest absolute Gasteiger partial charge is 0.407 e. The van der Waals surface area contributed by atoms with Gasteiger partial charge in [-0.3, -0.25) is 9.58 Å². The number of piperazine rings is 1. The topological polar surface area (TPSA) is 87.4 Å². The zero-order valence-electron chi connectivity index (χ0n) is 18.0. The third-order valence-electron chi connectivity index (χ3n) is 6.00. The highest BCUT2D eigenvalue weighted by Gasteiger charge is 2.32. The van der Waals surface area contributed by atoms with Gasteiger partial charge in [-0.05, 0) is 44.2 Å². The van der Waals surface area contributed by atoms with Crippen LogP contribution in [0.15, 0.2) is 42.7 Å². The van der Waals surface area contributed by atoms with Crippen LogP contribution in [0.4, 0.5) is 14.9 Å². The summed E-state index contributed by atoms with van der Waals surface area (Å²) in [6, 6.07) is 8.96. The van der Waals surface area contributed by atoms with Crippen LogP contribution in [-0.4, -0.2) is 61.0 Å². The molecule has 1 N–H and O–H groups in total. The van der Waals surface area contributed by atoms with Crippen molar-refractivity contribution in [2.24, 2.45) is 7.05 Å². The molecule has 0 aliphatic carbocycles. The molecule has 1 saturated heterocycles. The molecule has 8 nitrogen and oxygen atoms in total. The normalized spacial score (nSPS) is 19.1. The molecule has 0 radical (unpaired) electrons. The van der Waals surface area contributed by atoms with E-state index in [-0.39, 0.29) is 12.1 Å². The molecule has 0 saturated carbocycles. The summed E-state index contributed by atoms with van der Waals surface area (Å²) in [5.41, 5.74) is 2.69. The van der Waals surface area contributed by atoms with E-state index >= 15 is 0 Å². The van der Waals surface area contributed by atoms with Crippen LogP contribution in [0, 0.1) is 5.82 Å². The highest BCUT2D eigenvalue weighted by molar-refractivity contribution is 5.86. The van der Waals surface area contributed by atoms with Gasteiger partial charge in [-0.2, -0.15) is 5.10 Å². The molecule has 0 unspecified atom stereocenters. The predicted octanol–water partition coefficient (Wildman–Crippen LogP) is 3.90. The molecule has 9 heteroatoms. The Hall–Kier alpha value is -3.75. The Bertz CT molecular complexity index is 1340. The second kappa shape index (κ2) is 7.44. The van der Waals surface area contributed by atoms with Crippen LogP contribution in [0.1, 0.15) is 13.8 Å². The van der Waals surface area contributed by atoms with Crippen molar-refractivity contribution < 1.29 is 14.3 Å². The maximum atomic E-state index is 14.5. The van der Waals surface area contributed by atoms with Crippen molar-refractivity contribution in [3.05, 3.63) is 48.5 Å². The van der Waals surface area contributed by atoms with Gasteiger partial charge in [-0.25, -0.2) is 19.2 Å². The van der Waals surface area contributed by atoms with E-state index in [1.54, 1.807) is 24.1 Å². The van der Waals surface area contributed by atoms with Crippen LogP contribution in [0.5, 0.6) is 0 Å². The molecular formula is C23H23FN6O2. The van der Waals surface area contributed by atoms with E-state index < -0.39 is 11.9 Å². The van der Waals surface area contributed by atoms with Gasteiger partial charge in [0.2, 0.25) is 0 Å². The zero-order valence-corrected chi connectivity index (χ0v) is 18.0. The third kappa shape index (κ3) is 3.39. The standard InChI is InChI=1S/C23H23FN6O2/c1-13-10-29(11-14(2)30(13)23(31)32)18-4-5-20-16(7-18)9-25-22(26-20)15-6-17-12-28(3)27-21(17)19(24)8-15/h4-9,12-14H,10-11H2,1-3H3,(H,31,32)/t13-,14-/m0/s1. The first-order valence-corrected chi connectivity index (χ1v) is 10.5. The number of fused-ring (bicyclic) bond motifs is 2. The average Bonchev–Trinajstić information content (AvgIpc) is 3.13. The first-order valence-electron chi connectivity index (χ1n) is 10.5. The molecule has 0 spiro atoms. The van der Waals surface area contributed by atoms with Gasteiger partial charge in [0, 0.05) is 54.6 Å². The minimum atomic E-state index is -0.884. The lowest BCUT2D eigenvalue weighted by molar-refractivity contribution is 0.0983. The Kier molecular flexibility index (Phi) is 4.69. The molecule has 32 heavy (non-hydrogen) atoms. The fraction of sp³-hybridized carbons (Fsp3) is 0.304. The number of nitrogens with zero attached hydrogens (tertiary/aromatic N) is 6. The van der Waals surface area contributed by atoms with Gasteiger partial charge in [-0.15, -0.1) is 0 Å². The van der Waals surface area contributed by atoms with Crippen LogP contribution in [0.2, 0.25) is 0 Å². The Morgan fingerprint density at radius 2 is 1.88 bits per heavy atom. The molecule has 1 aliphatic heterocycles. The van der Waals surface area contributed by atoms with Gasteiger partial charge in [0.25, 0.3) is 0 Å². The van der Waals surface area contributed by atoms with Crippen molar-refractivity contribution in [1.82, 2.24) is 24.6 Å². The molecule has 5 rings (SSSR count). The largest absolute Gasteiger partial charge is 0.465 e. The van der Waals surface area contributed by atoms with E-state index in [0.29, 0.717) is 35.4 Å². The van der Waals surface area contributed by atoms with Gasteiger partial charge in [0.15, 0.2) is 11.6 Å². The first-order chi connectivity index (χ1) is 15.3. The maximum Gasteiger partial charge on any atom is 0.407 e. The number of hydrogen-bond acceptors (Lipinski definition) is 5. The summed E-state index contributed by atoms with van der Waals surface area (Å²) in [7, 11) is 1.76. The van der Waals surface area contributed by atoms with Crippen LogP contribution >= 0.6 is 0 Å².